The zero-order chi connectivity index (χ0) is 19.0. The van der Waals surface area contributed by atoms with Crippen LogP contribution in [0.5, 0.6) is 5.75 Å². The third-order valence-corrected chi connectivity index (χ3v) is 4.35. The number of piperazine rings is 1. The first kappa shape index (κ1) is 20.5. The summed E-state index contributed by atoms with van der Waals surface area (Å²) in [5.41, 5.74) is 0.762. The van der Waals surface area contributed by atoms with Gasteiger partial charge in [0.15, 0.2) is 0 Å². The zero-order valence-electron chi connectivity index (χ0n) is 14.7. The summed E-state index contributed by atoms with van der Waals surface area (Å²) in [4.78, 5) is 16.2. The third-order valence-electron chi connectivity index (χ3n) is 4.35. The number of alkyl halides is 3. The van der Waals surface area contributed by atoms with E-state index in [0.717, 1.165) is 5.56 Å². The number of aryl methyl sites for hydroxylation is 1. The molecule has 1 fully saturated rings. The van der Waals surface area contributed by atoms with Crippen molar-refractivity contribution < 1.29 is 27.8 Å². The highest BCUT2D eigenvalue weighted by atomic mass is 19.4. The smallest absolute Gasteiger partial charge is 0.411 e. The summed E-state index contributed by atoms with van der Waals surface area (Å²) in [6, 6.07) is 6.99. The summed E-state index contributed by atoms with van der Waals surface area (Å²) in [5, 5.41) is 9.73. The van der Waals surface area contributed by atoms with Crippen LogP contribution in [-0.2, 0) is 16.0 Å². The minimum Gasteiger partial charge on any atom is -0.508 e. The van der Waals surface area contributed by atoms with Gasteiger partial charge in [0.1, 0.15) is 12.4 Å². The third kappa shape index (κ3) is 7.21. The van der Waals surface area contributed by atoms with Gasteiger partial charge in [-0.1, -0.05) is 18.2 Å². The van der Waals surface area contributed by atoms with E-state index in [0.29, 0.717) is 52.0 Å². The number of halogens is 3. The van der Waals surface area contributed by atoms with Crippen molar-refractivity contribution in [2.45, 2.75) is 25.4 Å². The fourth-order valence-corrected chi connectivity index (χ4v) is 2.92. The molecule has 0 aliphatic carbocycles. The van der Waals surface area contributed by atoms with E-state index in [1.807, 2.05) is 6.07 Å². The molecule has 8 heteroatoms. The second kappa shape index (κ2) is 9.78. The highest BCUT2D eigenvalue weighted by Crippen LogP contribution is 2.18. The minimum absolute atomic E-state index is 0.0569. The van der Waals surface area contributed by atoms with Crippen molar-refractivity contribution >= 4 is 5.91 Å². The maximum absolute atomic E-state index is 12.3. The van der Waals surface area contributed by atoms with Gasteiger partial charge in [-0.3, -0.25) is 9.69 Å². The van der Waals surface area contributed by atoms with Crippen LogP contribution >= 0.6 is 0 Å². The number of para-hydroxylation sites is 1. The number of benzene rings is 1. The number of phenols is 1. The number of hydrogen-bond acceptors (Lipinski definition) is 4. The number of ether oxygens (including phenoxy) is 1. The number of aromatic hydroxyl groups is 1. The van der Waals surface area contributed by atoms with E-state index in [9.17, 15) is 23.1 Å². The molecule has 0 saturated carbocycles. The first-order valence-corrected chi connectivity index (χ1v) is 8.76. The second-order valence-corrected chi connectivity index (χ2v) is 6.37. The summed E-state index contributed by atoms with van der Waals surface area (Å²) in [7, 11) is 0. The predicted octanol–water partition coefficient (Wildman–Crippen LogP) is 2.44. The van der Waals surface area contributed by atoms with Gasteiger partial charge in [0, 0.05) is 45.8 Å². The van der Waals surface area contributed by atoms with Gasteiger partial charge < -0.3 is 14.7 Å². The number of carbonyl (C=O) groups is 1. The van der Waals surface area contributed by atoms with Crippen molar-refractivity contribution in [1.29, 1.82) is 0 Å². The van der Waals surface area contributed by atoms with Crippen LogP contribution in [0.1, 0.15) is 18.4 Å². The Morgan fingerprint density at radius 3 is 2.50 bits per heavy atom. The number of carbonyl (C=O) groups excluding carboxylic acids is 1. The number of phenolic OH excluding ortho intramolecular Hbond substituents is 1. The van der Waals surface area contributed by atoms with Crippen molar-refractivity contribution in [3.8, 4) is 5.75 Å². The Morgan fingerprint density at radius 1 is 1.15 bits per heavy atom. The molecule has 1 aromatic carbocycles. The van der Waals surface area contributed by atoms with Crippen LogP contribution in [-0.4, -0.2) is 72.9 Å². The highest BCUT2D eigenvalue weighted by Gasteiger charge is 2.27. The van der Waals surface area contributed by atoms with E-state index in [1.54, 1.807) is 23.1 Å². The van der Waals surface area contributed by atoms with E-state index < -0.39 is 12.8 Å². The van der Waals surface area contributed by atoms with Gasteiger partial charge in [0.05, 0.1) is 0 Å². The van der Waals surface area contributed by atoms with Crippen molar-refractivity contribution in [1.82, 2.24) is 9.80 Å². The molecule has 0 radical (unpaired) electrons. The molecule has 0 bridgehead atoms. The fraction of sp³-hybridized carbons (Fsp3) is 0.611. The van der Waals surface area contributed by atoms with Gasteiger partial charge in [-0.25, -0.2) is 0 Å². The first-order valence-electron chi connectivity index (χ1n) is 8.76. The normalized spacial score (nSPS) is 16.0. The molecule has 1 heterocycles. The molecule has 1 aromatic rings. The van der Waals surface area contributed by atoms with Crippen LogP contribution in [0.15, 0.2) is 24.3 Å². The highest BCUT2D eigenvalue weighted by molar-refractivity contribution is 5.76. The molecule has 1 saturated heterocycles. The summed E-state index contributed by atoms with van der Waals surface area (Å²) in [6.07, 6.45) is -2.88. The maximum Gasteiger partial charge on any atom is 0.411 e. The molecule has 0 atom stereocenters. The van der Waals surface area contributed by atoms with Gasteiger partial charge in [0.2, 0.25) is 5.91 Å². The predicted molar refractivity (Wildman–Crippen MR) is 90.9 cm³/mol. The lowest BCUT2D eigenvalue weighted by Gasteiger charge is -2.34. The Kier molecular flexibility index (Phi) is 7.71. The number of rotatable bonds is 8. The number of hydrogen-bond donors (Lipinski definition) is 1. The molecular formula is C18H25F3N2O3. The van der Waals surface area contributed by atoms with Crippen LogP contribution in [0.25, 0.3) is 0 Å². The Labute approximate surface area is 151 Å². The summed E-state index contributed by atoms with van der Waals surface area (Å²) in [6.45, 7) is 2.19. The van der Waals surface area contributed by atoms with Crippen LogP contribution in [0.2, 0.25) is 0 Å². The maximum atomic E-state index is 12.3. The molecular weight excluding hydrogens is 349 g/mol. The largest absolute Gasteiger partial charge is 0.508 e. The standard InChI is InChI=1S/C18H25F3N2O3/c19-18(20,21)14-26-13-3-8-22-9-11-23(12-10-22)17(25)7-6-15-4-1-2-5-16(15)24/h1-2,4-5,24H,3,6-14H2. The molecule has 146 valence electrons. The lowest BCUT2D eigenvalue weighted by atomic mass is 10.1. The van der Waals surface area contributed by atoms with Crippen molar-refractivity contribution in [2.75, 3.05) is 45.9 Å². The molecule has 1 aliphatic rings. The second-order valence-electron chi connectivity index (χ2n) is 6.37. The average molecular weight is 374 g/mol. The van der Waals surface area contributed by atoms with E-state index in [2.05, 4.69) is 9.64 Å². The number of amides is 1. The molecule has 1 N–H and O–H groups in total. The fourth-order valence-electron chi connectivity index (χ4n) is 2.92. The molecule has 0 aromatic heterocycles. The Morgan fingerprint density at radius 2 is 1.85 bits per heavy atom. The Bertz CT molecular complexity index is 573. The van der Waals surface area contributed by atoms with Gasteiger partial charge >= 0.3 is 6.18 Å². The van der Waals surface area contributed by atoms with Gasteiger partial charge in [-0.15, -0.1) is 0 Å². The van der Waals surface area contributed by atoms with E-state index >= 15 is 0 Å². The molecule has 1 aliphatic heterocycles. The summed E-state index contributed by atoms with van der Waals surface area (Å²) < 4.78 is 40.5. The molecule has 26 heavy (non-hydrogen) atoms. The lowest BCUT2D eigenvalue weighted by molar-refractivity contribution is -0.174. The monoisotopic (exact) mass is 374 g/mol. The van der Waals surface area contributed by atoms with E-state index in [1.165, 1.54) is 0 Å². The Hall–Kier alpha value is -1.80. The lowest BCUT2D eigenvalue weighted by Crippen LogP contribution is -2.49. The van der Waals surface area contributed by atoms with Crippen molar-refractivity contribution in [3.05, 3.63) is 29.8 Å². The van der Waals surface area contributed by atoms with Gasteiger partial charge in [0.25, 0.3) is 0 Å². The van der Waals surface area contributed by atoms with Gasteiger partial charge in [-0.05, 0) is 24.5 Å². The summed E-state index contributed by atoms with van der Waals surface area (Å²) in [5.74, 6) is 0.263. The minimum atomic E-state index is -4.28. The molecule has 1 amide bonds. The van der Waals surface area contributed by atoms with Crippen LogP contribution in [0, 0.1) is 0 Å². The Balaban J connectivity index is 1.60. The van der Waals surface area contributed by atoms with E-state index in [4.69, 9.17) is 0 Å². The quantitative estimate of drug-likeness (QED) is 0.710. The van der Waals surface area contributed by atoms with Crippen molar-refractivity contribution in [3.63, 3.8) is 0 Å². The molecule has 5 nitrogen and oxygen atoms in total. The van der Waals surface area contributed by atoms with E-state index in [-0.39, 0.29) is 18.3 Å². The van der Waals surface area contributed by atoms with Crippen LogP contribution < -0.4 is 0 Å². The topological polar surface area (TPSA) is 53.0 Å². The summed E-state index contributed by atoms with van der Waals surface area (Å²) >= 11 is 0. The van der Waals surface area contributed by atoms with Gasteiger partial charge in [-0.2, -0.15) is 13.2 Å². The van der Waals surface area contributed by atoms with Crippen LogP contribution in [0.4, 0.5) is 13.2 Å². The SMILES string of the molecule is O=C(CCc1ccccc1O)N1CCN(CCCOCC(F)(F)F)CC1. The molecule has 2 rings (SSSR count). The first-order chi connectivity index (χ1) is 12.3. The zero-order valence-corrected chi connectivity index (χ0v) is 14.7. The van der Waals surface area contributed by atoms with Crippen LogP contribution in [0.3, 0.4) is 0 Å². The average Bonchev–Trinajstić information content (AvgIpc) is 2.60. The molecule has 0 spiro atoms. The van der Waals surface area contributed by atoms with Crippen molar-refractivity contribution in [2.24, 2.45) is 0 Å². The molecule has 0 unspecified atom stereocenters. The number of nitrogens with zero attached hydrogens (tertiary/aromatic N) is 2.